The minimum absolute atomic E-state index is 1.13. The molecule has 1 aromatic carbocycles. The van der Waals surface area contributed by atoms with Gasteiger partial charge in [-0.1, -0.05) is 13.0 Å². The van der Waals surface area contributed by atoms with Gasteiger partial charge in [-0.25, -0.2) is 0 Å². The van der Waals surface area contributed by atoms with Crippen LogP contribution in [0.15, 0.2) is 28.0 Å². The first-order valence-corrected chi connectivity index (χ1v) is 6.47. The van der Waals surface area contributed by atoms with E-state index in [4.69, 9.17) is 0 Å². The Morgan fingerprint density at radius 2 is 1.75 bits per heavy atom. The fourth-order valence-electron chi connectivity index (χ4n) is 1.10. The monoisotopic (exact) mass is 198 g/mol. The van der Waals surface area contributed by atoms with Gasteiger partial charge in [0.15, 0.2) is 0 Å². The van der Waals surface area contributed by atoms with Crippen molar-refractivity contribution in [2.45, 2.75) is 23.1 Å². The van der Waals surface area contributed by atoms with Gasteiger partial charge in [-0.2, -0.15) is 0 Å². The van der Waals surface area contributed by atoms with E-state index in [1.807, 2.05) is 23.5 Å². The van der Waals surface area contributed by atoms with E-state index in [-0.39, 0.29) is 0 Å². The Labute approximate surface area is 83.1 Å². The van der Waals surface area contributed by atoms with Gasteiger partial charge in [0.05, 0.1) is 0 Å². The van der Waals surface area contributed by atoms with Crippen LogP contribution in [0.5, 0.6) is 0 Å². The van der Waals surface area contributed by atoms with Crippen molar-refractivity contribution in [3.8, 4) is 0 Å². The second kappa shape index (κ2) is 4.83. The summed E-state index contributed by atoms with van der Waals surface area (Å²) in [6.07, 6.45) is 5.39. The normalized spacial score (nSPS) is 10.2. The predicted octanol–water partition coefficient (Wildman–Crippen LogP) is 3.69. The maximum atomic E-state index is 2.29. The van der Waals surface area contributed by atoms with Crippen LogP contribution >= 0.6 is 23.5 Å². The van der Waals surface area contributed by atoms with Crippen LogP contribution < -0.4 is 0 Å². The van der Waals surface area contributed by atoms with E-state index in [0.29, 0.717) is 0 Å². The Bertz CT molecular complexity index is 256. The van der Waals surface area contributed by atoms with Crippen LogP contribution in [0.1, 0.15) is 12.5 Å². The fourth-order valence-corrected chi connectivity index (χ4v) is 2.60. The topological polar surface area (TPSA) is 0 Å². The van der Waals surface area contributed by atoms with Crippen molar-refractivity contribution in [1.82, 2.24) is 0 Å². The lowest BCUT2D eigenvalue weighted by Crippen LogP contribution is -1.83. The van der Waals surface area contributed by atoms with Crippen molar-refractivity contribution in [3.05, 3.63) is 23.8 Å². The quantitative estimate of drug-likeness (QED) is 0.679. The van der Waals surface area contributed by atoms with E-state index >= 15 is 0 Å². The summed E-state index contributed by atoms with van der Waals surface area (Å²) in [4.78, 5) is 2.79. The second-order valence-electron chi connectivity index (χ2n) is 2.54. The number of hydrogen-bond donors (Lipinski definition) is 0. The predicted molar refractivity (Wildman–Crippen MR) is 59.4 cm³/mol. The molecule has 66 valence electrons. The molecule has 0 aromatic heterocycles. The van der Waals surface area contributed by atoms with E-state index in [0.717, 1.165) is 6.42 Å². The summed E-state index contributed by atoms with van der Waals surface area (Å²) in [6, 6.07) is 6.72. The van der Waals surface area contributed by atoms with Gasteiger partial charge in [-0.3, -0.25) is 0 Å². The highest BCUT2D eigenvalue weighted by molar-refractivity contribution is 8.01. The Kier molecular flexibility index (Phi) is 4.02. The highest BCUT2D eigenvalue weighted by Gasteiger charge is 2.00. The molecule has 0 aliphatic carbocycles. The van der Waals surface area contributed by atoms with Gasteiger partial charge in [-0.15, -0.1) is 23.5 Å². The number of rotatable bonds is 3. The van der Waals surface area contributed by atoms with Gasteiger partial charge < -0.3 is 0 Å². The summed E-state index contributed by atoms with van der Waals surface area (Å²) >= 11 is 3.65. The van der Waals surface area contributed by atoms with Crippen molar-refractivity contribution in [2.24, 2.45) is 0 Å². The molecule has 0 saturated heterocycles. The lowest BCUT2D eigenvalue weighted by molar-refractivity contribution is 1.09. The molecule has 0 aliphatic heterocycles. The van der Waals surface area contributed by atoms with E-state index in [2.05, 4.69) is 37.6 Å². The molecule has 0 fully saturated rings. The smallest absolute Gasteiger partial charge is 0.0208 e. The summed E-state index contributed by atoms with van der Waals surface area (Å²) in [5.74, 6) is 0. The summed E-state index contributed by atoms with van der Waals surface area (Å²) in [5.41, 5.74) is 1.43. The first-order chi connectivity index (χ1) is 5.81. The summed E-state index contributed by atoms with van der Waals surface area (Å²) in [7, 11) is 0. The number of hydrogen-bond acceptors (Lipinski definition) is 2. The second-order valence-corrected chi connectivity index (χ2v) is 4.24. The highest BCUT2D eigenvalue weighted by atomic mass is 32.2. The minimum Gasteiger partial charge on any atom is -0.128 e. The fraction of sp³-hybridized carbons (Fsp3) is 0.400. The van der Waals surface area contributed by atoms with Crippen LogP contribution in [0.4, 0.5) is 0 Å². The van der Waals surface area contributed by atoms with Crippen LogP contribution in [0.3, 0.4) is 0 Å². The molecule has 0 amide bonds. The van der Waals surface area contributed by atoms with Gasteiger partial charge >= 0.3 is 0 Å². The number of aryl methyl sites for hydroxylation is 1. The Hall–Kier alpha value is -0.0800. The Balaban J connectivity index is 3.02. The molecular formula is C10H14S2. The zero-order valence-electron chi connectivity index (χ0n) is 7.76. The highest BCUT2D eigenvalue weighted by Crippen LogP contribution is 2.28. The van der Waals surface area contributed by atoms with E-state index in [1.54, 1.807) is 0 Å². The maximum Gasteiger partial charge on any atom is 0.0208 e. The van der Waals surface area contributed by atoms with Gasteiger partial charge in [0.1, 0.15) is 0 Å². The molecule has 2 heteroatoms. The average molecular weight is 198 g/mol. The van der Waals surface area contributed by atoms with Gasteiger partial charge in [0.2, 0.25) is 0 Å². The van der Waals surface area contributed by atoms with Crippen molar-refractivity contribution in [2.75, 3.05) is 12.5 Å². The van der Waals surface area contributed by atoms with Crippen molar-refractivity contribution in [1.29, 1.82) is 0 Å². The molecule has 1 rings (SSSR count). The van der Waals surface area contributed by atoms with Crippen LogP contribution in [0, 0.1) is 0 Å². The van der Waals surface area contributed by atoms with Crippen molar-refractivity contribution >= 4 is 23.5 Å². The molecule has 0 unspecified atom stereocenters. The molecule has 0 saturated carbocycles. The zero-order chi connectivity index (χ0) is 8.97. The van der Waals surface area contributed by atoms with Gasteiger partial charge in [0.25, 0.3) is 0 Å². The maximum absolute atomic E-state index is 2.29. The first kappa shape index (κ1) is 10.0. The van der Waals surface area contributed by atoms with Crippen LogP contribution in [-0.2, 0) is 6.42 Å². The van der Waals surface area contributed by atoms with Crippen molar-refractivity contribution < 1.29 is 0 Å². The molecule has 12 heavy (non-hydrogen) atoms. The molecule has 0 bridgehead atoms. The van der Waals surface area contributed by atoms with Gasteiger partial charge in [-0.05, 0) is 36.6 Å². The molecule has 0 nitrogen and oxygen atoms in total. The third kappa shape index (κ3) is 2.20. The largest absolute Gasteiger partial charge is 0.128 e. The van der Waals surface area contributed by atoms with Crippen LogP contribution in [-0.4, -0.2) is 12.5 Å². The molecular weight excluding hydrogens is 184 g/mol. The molecule has 0 N–H and O–H groups in total. The SMILES string of the molecule is CCc1ccc(SC)c(SC)c1. The van der Waals surface area contributed by atoms with Gasteiger partial charge in [0, 0.05) is 9.79 Å². The summed E-state index contributed by atoms with van der Waals surface area (Å²) in [6.45, 7) is 2.19. The number of thioether (sulfide) groups is 2. The molecule has 0 radical (unpaired) electrons. The Morgan fingerprint density at radius 3 is 2.25 bits per heavy atom. The van der Waals surface area contributed by atoms with E-state index < -0.39 is 0 Å². The van der Waals surface area contributed by atoms with Crippen LogP contribution in [0.2, 0.25) is 0 Å². The summed E-state index contributed by atoms with van der Waals surface area (Å²) < 4.78 is 0. The molecule has 0 atom stereocenters. The third-order valence-electron chi connectivity index (χ3n) is 1.86. The lowest BCUT2D eigenvalue weighted by Gasteiger charge is -2.05. The molecule has 0 aliphatic rings. The third-order valence-corrected chi connectivity index (χ3v) is 3.56. The average Bonchev–Trinajstić information content (AvgIpc) is 2.16. The lowest BCUT2D eigenvalue weighted by atomic mass is 10.2. The van der Waals surface area contributed by atoms with E-state index in [9.17, 15) is 0 Å². The Morgan fingerprint density at radius 1 is 1.08 bits per heavy atom. The summed E-state index contributed by atoms with van der Waals surface area (Å²) in [5, 5.41) is 0. The van der Waals surface area contributed by atoms with E-state index in [1.165, 1.54) is 15.4 Å². The first-order valence-electron chi connectivity index (χ1n) is 4.02. The molecule has 0 heterocycles. The van der Waals surface area contributed by atoms with Crippen LogP contribution in [0.25, 0.3) is 0 Å². The number of benzene rings is 1. The van der Waals surface area contributed by atoms with Crippen molar-refractivity contribution in [3.63, 3.8) is 0 Å². The zero-order valence-corrected chi connectivity index (χ0v) is 9.39. The molecule has 1 aromatic rings. The minimum atomic E-state index is 1.13. The molecule has 0 spiro atoms. The standard InChI is InChI=1S/C10H14S2/c1-4-8-5-6-9(11-2)10(7-8)12-3/h5-7H,4H2,1-3H3.